The summed E-state index contributed by atoms with van der Waals surface area (Å²) in [5, 5.41) is 2.00. The summed E-state index contributed by atoms with van der Waals surface area (Å²) < 4.78 is 70.9. The van der Waals surface area contributed by atoms with Gasteiger partial charge in [-0.1, -0.05) is 5.16 Å². The van der Waals surface area contributed by atoms with E-state index in [4.69, 9.17) is 4.52 Å². The summed E-state index contributed by atoms with van der Waals surface area (Å²) in [5.74, 6) is -0.630. The number of nitrogens with zero attached hydrogens (tertiary/aromatic N) is 3. The number of likely N-dealkylation sites (tertiary alicyclic amines) is 1. The summed E-state index contributed by atoms with van der Waals surface area (Å²) in [6.07, 6.45) is -5.06. The molecule has 1 amide bonds. The van der Waals surface area contributed by atoms with Gasteiger partial charge in [-0.15, -0.1) is 0 Å². The van der Waals surface area contributed by atoms with Crippen molar-refractivity contribution < 1.29 is 30.9 Å². The highest BCUT2D eigenvalue weighted by atomic mass is 32.2. The highest BCUT2D eigenvalue weighted by Gasteiger charge is 2.68. The Morgan fingerprint density at radius 3 is 2.73 bits per heavy atom. The van der Waals surface area contributed by atoms with Gasteiger partial charge in [-0.2, -0.15) is 13.2 Å². The van der Waals surface area contributed by atoms with Gasteiger partial charge in [0.2, 0.25) is 0 Å². The zero-order chi connectivity index (χ0) is 19.3. The first kappa shape index (κ1) is 19.2. The molecule has 2 fully saturated rings. The molecule has 0 aliphatic carbocycles. The summed E-state index contributed by atoms with van der Waals surface area (Å²) >= 11 is 0. The molecule has 26 heavy (non-hydrogen) atoms. The van der Waals surface area contributed by atoms with Crippen molar-refractivity contribution in [3.8, 4) is 0 Å². The van der Waals surface area contributed by atoms with E-state index in [-0.39, 0.29) is 24.3 Å². The van der Waals surface area contributed by atoms with Crippen molar-refractivity contribution >= 4 is 15.7 Å². The molecule has 3 rings (SSSR count). The highest BCUT2D eigenvalue weighted by Crippen LogP contribution is 2.53. The Kier molecular flexibility index (Phi) is 4.58. The number of sulfone groups is 1. The molecule has 0 N–H and O–H groups in total. The molecule has 2 atom stereocenters. The number of rotatable bonds is 3. The fourth-order valence-corrected chi connectivity index (χ4v) is 6.09. The van der Waals surface area contributed by atoms with Crippen molar-refractivity contribution in [2.24, 2.45) is 5.41 Å². The molecule has 1 aromatic rings. The van der Waals surface area contributed by atoms with Gasteiger partial charge in [-0.3, -0.25) is 4.79 Å². The van der Waals surface area contributed by atoms with Crippen LogP contribution >= 0.6 is 0 Å². The molecule has 11 heteroatoms. The molecule has 7 nitrogen and oxygen atoms in total. The second kappa shape index (κ2) is 6.22. The van der Waals surface area contributed by atoms with Gasteiger partial charge in [0, 0.05) is 19.2 Å². The van der Waals surface area contributed by atoms with E-state index in [0.717, 1.165) is 4.90 Å². The Morgan fingerprint density at radius 2 is 2.15 bits per heavy atom. The van der Waals surface area contributed by atoms with Gasteiger partial charge in [-0.05, 0) is 26.9 Å². The average Bonchev–Trinajstić information content (AvgIpc) is 3.11. The van der Waals surface area contributed by atoms with E-state index in [1.54, 1.807) is 19.0 Å². The van der Waals surface area contributed by atoms with E-state index in [2.05, 4.69) is 5.16 Å². The van der Waals surface area contributed by atoms with Crippen molar-refractivity contribution in [2.75, 3.05) is 32.9 Å². The fourth-order valence-electron chi connectivity index (χ4n) is 3.84. The van der Waals surface area contributed by atoms with E-state index >= 15 is 0 Å². The smallest absolute Gasteiger partial charge is 0.359 e. The predicted octanol–water partition coefficient (Wildman–Crippen LogP) is 1.32. The van der Waals surface area contributed by atoms with Gasteiger partial charge < -0.3 is 14.3 Å². The van der Waals surface area contributed by atoms with Crippen LogP contribution in [0.1, 0.15) is 29.1 Å². The van der Waals surface area contributed by atoms with Gasteiger partial charge in [-0.25, -0.2) is 8.42 Å². The molecule has 2 aliphatic heterocycles. The lowest BCUT2D eigenvalue weighted by molar-refractivity contribution is -0.220. The zero-order valence-corrected chi connectivity index (χ0v) is 15.2. The number of carbonyl (C=O) groups is 1. The molecule has 0 saturated carbocycles. The van der Waals surface area contributed by atoms with Gasteiger partial charge in [0.05, 0.1) is 17.5 Å². The summed E-state index contributed by atoms with van der Waals surface area (Å²) in [5.41, 5.74) is -2.52. The van der Waals surface area contributed by atoms with Crippen LogP contribution in [0.4, 0.5) is 13.2 Å². The molecule has 0 aromatic carbocycles. The topological polar surface area (TPSA) is 83.7 Å². The monoisotopic (exact) mass is 395 g/mol. The molecule has 3 heterocycles. The molecular weight excluding hydrogens is 375 g/mol. The van der Waals surface area contributed by atoms with Crippen LogP contribution in [0.2, 0.25) is 0 Å². The third kappa shape index (κ3) is 3.11. The zero-order valence-electron chi connectivity index (χ0n) is 14.4. The molecule has 0 spiro atoms. The normalized spacial score (nSPS) is 28.4. The number of amides is 1. The Hall–Kier alpha value is -1.62. The van der Waals surface area contributed by atoms with Gasteiger partial charge in [0.25, 0.3) is 5.91 Å². The predicted molar refractivity (Wildman–Crippen MR) is 85.1 cm³/mol. The maximum Gasteiger partial charge on any atom is 0.397 e. The third-order valence-corrected chi connectivity index (χ3v) is 7.39. The van der Waals surface area contributed by atoms with Crippen molar-refractivity contribution in [1.82, 2.24) is 15.0 Å². The number of fused-ring (bicyclic) bond motifs is 1. The summed E-state index contributed by atoms with van der Waals surface area (Å²) in [4.78, 5) is 15.3. The van der Waals surface area contributed by atoms with E-state index in [0.29, 0.717) is 12.3 Å². The van der Waals surface area contributed by atoms with Crippen molar-refractivity contribution in [2.45, 2.75) is 30.8 Å². The van der Waals surface area contributed by atoms with Crippen molar-refractivity contribution in [3.05, 3.63) is 17.5 Å². The summed E-state index contributed by atoms with van der Waals surface area (Å²) in [7, 11) is -0.356. The second-order valence-corrected chi connectivity index (χ2v) is 9.52. The van der Waals surface area contributed by atoms with Crippen molar-refractivity contribution in [3.63, 3.8) is 0 Å². The van der Waals surface area contributed by atoms with Crippen LogP contribution < -0.4 is 0 Å². The van der Waals surface area contributed by atoms with E-state index < -0.39 is 45.7 Å². The second-order valence-electron chi connectivity index (χ2n) is 7.22. The fraction of sp³-hybridized carbons (Fsp3) is 0.733. The first-order valence-corrected chi connectivity index (χ1v) is 9.86. The van der Waals surface area contributed by atoms with E-state index in [1.807, 2.05) is 0 Å². The lowest BCUT2D eigenvalue weighted by atomic mass is 9.81. The molecule has 0 unspecified atom stereocenters. The number of alkyl halides is 3. The molecule has 2 aliphatic rings. The summed E-state index contributed by atoms with van der Waals surface area (Å²) in [6.45, 7) is -0.768. The average molecular weight is 395 g/mol. The van der Waals surface area contributed by atoms with Crippen LogP contribution in [0.5, 0.6) is 0 Å². The highest BCUT2D eigenvalue weighted by molar-refractivity contribution is 7.92. The molecule has 0 bridgehead atoms. The first-order chi connectivity index (χ1) is 12.0. The van der Waals surface area contributed by atoms with Gasteiger partial charge in [0.1, 0.15) is 5.41 Å². The number of aromatic nitrogens is 1. The molecule has 2 saturated heterocycles. The van der Waals surface area contributed by atoms with E-state index in [9.17, 15) is 26.4 Å². The summed E-state index contributed by atoms with van der Waals surface area (Å²) in [6, 6.07) is 1.37. The van der Waals surface area contributed by atoms with Crippen LogP contribution in [0.25, 0.3) is 0 Å². The largest absolute Gasteiger partial charge is 0.397 e. The minimum Gasteiger partial charge on any atom is -0.359 e. The Morgan fingerprint density at radius 1 is 1.46 bits per heavy atom. The Balaban J connectivity index is 1.89. The molecule has 1 aromatic heterocycles. The Labute approximate surface area is 149 Å². The van der Waals surface area contributed by atoms with E-state index in [1.165, 1.54) is 6.07 Å². The minimum atomic E-state index is -4.71. The maximum atomic E-state index is 13.8. The minimum absolute atomic E-state index is 0.0582. The quantitative estimate of drug-likeness (QED) is 0.768. The third-order valence-electron chi connectivity index (χ3n) is 5.06. The molecule has 0 radical (unpaired) electrons. The Bertz CT molecular complexity index is 805. The molecule has 146 valence electrons. The van der Waals surface area contributed by atoms with Crippen LogP contribution in [-0.2, 0) is 16.4 Å². The number of halogens is 3. The standard InChI is InChI=1S/C15H20F3N3O4S/c1-20(2)7-10-6-11(19-25-10)13(22)21-8-12-14(9-21,15(16,17)18)4-3-5-26(12,23)24/h6,12H,3-5,7-9H2,1-2H3/t12-,14-/m1/s1. The van der Waals surface area contributed by atoms with Crippen LogP contribution in [0.3, 0.4) is 0 Å². The van der Waals surface area contributed by atoms with Crippen LogP contribution in [0.15, 0.2) is 10.6 Å². The number of hydrogen-bond donors (Lipinski definition) is 0. The number of carbonyl (C=O) groups excluding carboxylic acids is 1. The van der Waals surface area contributed by atoms with Crippen LogP contribution in [0, 0.1) is 5.41 Å². The SMILES string of the molecule is CN(C)Cc1cc(C(=O)N2C[C@@H]3[C@@](C(F)(F)F)(CCCS3(=O)=O)C2)no1. The van der Waals surface area contributed by atoms with Gasteiger partial charge in [0.15, 0.2) is 21.3 Å². The van der Waals surface area contributed by atoms with Gasteiger partial charge >= 0.3 is 6.18 Å². The number of hydrogen-bond acceptors (Lipinski definition) is 6. The van der Waals surface area contributed by atoms with Crippen LogP contribution in [-0.4, -0.2) is 73.6 Å². The first-order valence-electron chi connectivity index (χ1n) is 8.14. The lowest BCUT2D eigenvalue weighted by Crippen LogP contribution is -2.53. The van der Waals surface area contributed by atoms with Crippen molar-refractivity contribution in [1.29, 1.82) is 0 Å². The lowest BCUT2D eigenvalue weighted by Gasteiger charge is -2.39. The molecular formula is C15H20F3N3O4S. The maximum absolute atomic E-state index is 13.8.